The molecule has 17 heavy (non-hydrogen) atoms. The van der Waals surface area contributed by atoms with Gasteiger partial charge < -0.3 is 15.2 Å². The lowest BCUT2D eigenvalue weighted by Crippen LogP contribution is -2.36. The van der Waals surface area contributed by atoms with Gasteiger partial charge in [0.05, 0.1) is 11.5 Å². The van der Waals surface area contributed by atoms with Crippen LogP contribution in [-0.4, -0.2) is 36.2 Å². The van der Waals surface area contributed by atoms with E-state index in [9.17, 15) is 9.59 Å². The fourth-order valence-corrected chi connectivity index (χ4v) is 2.18. The average molecular weight is 241 g/mol. The molecule has 5 nitrogen and oxygen atoms in total. The number of rotatable bonds is 6. The molecule has 2 aliphatic carbocycles. The minimum atomic E-state index is -0.811. The van der Waals surface area contributed by atoms with Gasteiger partial charge in [-0.05, 0) is 25.7 Å². The molecule has 2 rings (SSSR count). The highest BCUT2D eigenvalue weighted by atomic mass is 16.5. The normalized spacial score (nSPS) is 22.4. The summed E-state index contributed by atoms with van der Waals surface area (Å²) in [5.74, 6) is -1.01. The number of carbonyl (C=O) groups is 2. The number of aliphatic carboxylic acids is 1. The van der Waals surface area contributed by atoms with E-state index in [1.165, 1.54) is 12.8 Å². The summed E-state index contributed by atoms with van der Waals surface area (Å²) in [4.78, 5) is 22.3. The minimum absolute atomic E-state index is 0.0559. The van der Waals surface area contributed by atoms with Crippen LogP contribution in [0.4, 0.5) is 0 Å². The Morgan fingerprint density at radius 3 is 2.47 bits per heavy atom. The van der Waals surface area contributed by atoms with Crippen LogP contribution in [0.2, 0.25) is 0 Å². The van der Waals surface area contributed by atoms with Gasteiger partial charge in [0.25, 0.3) is 0 Å². The number of amides is 1. The topological polar surface area (TPSA) is 75.6 Å². The summed E-state index contributed by atoms with van der Waals surface area (Å²) in [5, 5.41) is 11.6. The van der Waals surface area contributed by atoms with Gasteiger partial charge in [-0.1, -0.05) is 12.8 Å². The van der Waals surface area contributed by atoms with Crippen LogP contribution >= 0.6 is 0 Å². The fraction of sp³-hybridized carbons (Fsp3) is 0.833. The van der Waals surface area contributed by atoms with E-state index in [0.717, 1.165) is 12.8 Å². The molecule has 0 spiro atoms. The largest absolute Gasteiger partial charge is 0.481 e. The highest BCUT2D eigenvalue weighted by molar-refractivity contribution is 5.81. The Bertz CT molecular complexity index is 306. The zero-order chi connectivity index (χ0) is 12.3. The number of carboxylic acids is 1. The predicted octanol–water partition coefficient (Wildman–Crippen LogP) is 0.927. The molecule has 0 atom stereocenters. The van der Waals surface area contributed by atoms with E-state index in [2.05, 4.69) is 5.32 Å². The Labute approximate surface area is 101 Å². The van der Waals surface area contributed by atoms with Gasteiger partial charge in [-0.2, -0.15) is 0 Å². The Morgan fingerprint density at radius 2 is 1.94 bits per heavy atom. The molecule has 2 N–H and O–H groups in total. The highest BCUT2D eigenvalue weighted by Gasteiger charge is 2.50. The van der Waals surface area contributed by atoms with E-state index in [4.69, 9.17) is 9.84 Å². The van der Waals surface area contributed by atoms with Crippen molar-refractivity contribution in [1.29, 1.82) is 0 Å². The molecule has 1 amide bonds. The predicted molar refractivity (Wildman–Crippen MR) is 60.5 cm³/mol. The van der Waals surface area contributed by atoms with Crippen molar-refractivity contribution in [2.75, 3.05) is 13.2 Å². The molecule has 2 aliphatic rings. The summed E-state index contributed by atoms with van der Waals surface area (Å²) in [6.07, 6.45) is 5.95. The third kappa shape index (κ3) is 3.19. The van der Waals surface area contributed by atoms with E-state index in [1.54, 1.807) is 0 Å². The molecule has 2 fully saturated rings. The van der Waals surface area contributed by atoms with Crippen LogP contribution in [0, 0.1) is 5.41 Å². The van der Waals surface area contributed by atoms with Gasteiger partial charge in [-0.15, -0.1) is 0 Å². The fourth-order valence-electron chi connectivity index (χ4n) is 2.18. The summed E-state index contributed by atoms with van der Waals surface area (Å²) in [6, 6.07) is 0. The van der Waals surface area contributed by atoms with Gasteiger partial charge in [0.2, 0.25) is 5.91 Å². The van der Waals surface area contributed by atoms with Crippen molar-refractivity contribution < 1.29 is 19.4 Å². The summed E-state index contributed by atoms with van der Waals surface area (Å²) in [5.41, 5.74) is -0.691. The molecule has 0 bridgehead atoms. The van der Waals surface area contributed by atoms with Crippen LogP contribution in [0.1, 0.15) is 38.5 Å². The van der Waals surface area contributed by atoms with Gasteiger partial charge in [-0.3, -0.25) is 9.59 Å². The molecule has 0 aromatic rings. The first-order valence-corrected chi connectivity index (χ1v) is 6.24. The maximum Gasteiger partial charge on any atom is 0.311 e. The van der Waals surface area contributed by atoms with Crippen LogP contribution < -0.4 is 5.32 Å². The summed E-state index contributed by atoms with van der Waals surface area (Å²) in [6.45, 7) is 0.287. The molecule has 0 aromatic heterocycles. The molecule has 2 saturated carbocycles. The third-order valence-electron chi connectivity index (χ3n) is 3.68. The molecule has 0 saturated heterocycles. The number of carboxylic acid groups (broad SMARTS) is 1. The number of carbonyl (C=O) groups excluding carboxylic acids is 1. The van der Waals surface area contributed by atoms with E-state index < -0.39 is 11.4 Å². The molecule has 0 aliphatic heterocycles. The minimum Gasteiger partial charge on any atom is -0.481 e. The van der Waals surface area contributed by atoms with Crippen LogP contribution in [-0.2, 0) is 14.3 Å². The van der Waals surface area contributed by atoms with Gasteiger partial charge >= 0.3 is 5.97 Å². The molecule has 0 unspecified atom stereocenters. The Balaban J connectivity index is 1.62. The number of ether oxygens (including phenoxy) is 1. The van der Waals surface area contributed by atoms with Crippen molar-refractivity contribution in [3.63, 3.8) is 0 Å². The van der Waals surface area contributed by atoms with Crippen molar-refractivity contribution in [2.45, 2.75) is 44.6 Å². The number of hydrogen-bond acceptors (Lipinski definition) is 3. The summed E-state index contributed by atoms with van der Waals surface area (Å²) in [7, 11) is 0. The number of hydrogen-bond donors (Lipinski definition) is 2. The average Bonchev–Trinajstić information content (AvgIpc) is 2.93. The van der Waals surface area contributed by atoms with Crippen LogP contribution in [0.25, 0.3) is 0 Å². The Hall–Kier alpha value is -1.10. The maximum atomic E-state index is 11.5. The zero-order valence-electron chi connectivity index (χ0n) is 9.91. The zero-order valence-corrected chi connectivity index (χ0v) is 9.91. The molecule has 96 valence electrons. The van der Waals surface area contributed by atoms with Crippen LogP contribution in [0.15, 0.2) is 0 Å². The second-order valence-electron chi connectivity index (χ2n) is 5.08. The second kappa shape index (κ2) is 5.04. The summed E-state index contributed by atoms with van der Waals surface area (Å²) < 4.78 is 5.45. The van der Waals surface area contributed by atoms with Crippen LogP contribution in [0.3, 0.4) is 0 Å². The van der Waals surface area contributed by atoms with E-state index in [-0.39, 0.29) is 25.2 Å². The monoisotopic (exact) mass is 241 g/mol. The van der Waals surface area contributed by atoms with Crippen molar-refractivity contribution in [3.8, 4) is 0 Å². The van der Waals surface area contributed by atoms with Crippen molar-refractivity contribution in [3.05, 3.63) is 0 Å². The van der Waals surface area contributed by atoms with E-state index in [1.807, 2.05) is 0 Å². The quantitative estimate of drug-likeness (QED) is 0.725. The third-order valence-corrected chi connectivity index (χ3v) is 3.68. The SMILES string of the molecule is O=C(COC1CCCC1)NCC1(C(=O)O)CC1. The standard InChI is InChI=1S/C12H19NO4/c14-10(7-17-9-3-1-2-4-9)13-8-12(5-6-12)11(15)16/h9H,1-8H2,(H,13,14)(H,15,16). The molecular weight excluding hydrogens is 222 g/mol. The van der Waals surface area contributed by atoms with Crippen molar-refractivity contribution in [1.82, 2.24) is 5.32 Å². The first-order valence-electron chi connectivity index (χ1n) is 6.24. The molecule has 5 heteroatoms. The van der Waals surface area contributed by atoms with Gasteiger partial charge in [0.1, 0.15) is 6.61 Å². The molecule has 0 radical (unpaired) electrons. The lowest BCUT2D eigenvalue weighted by atomic mass is 10.1. The molecular formula is C12H19NO4. The van der Waals surface area contributed by atoms with Crippen LogP contribution in [0.5, 0.6) is 0 Å². The first kappa shape index (κ1) is 12.4. The highest BCUT2D eigenvalue weighted by Crippen LogP contribution is 2.45. The maximum absolute atomic E-state index is 11.5. The van der Waals surface area contributed by atoms with Gasteiger partial charge in [0, 0.05) is 6.54 Å². The van der Waals surface area contributed by atoms with Gasteiger partial charge in [0.15, 0.2) is 0 Å². The smallest absolute Gasteiger partial charge is 0.311 e. The number of nitrogens with one attached hydrogen (secondary N) is 1. The van der Waals surface area contributed by atoms with Crippen molar-refractivity contribution >= 4 is 11.9 Å². The second-order valence-corrected chi connectivity index (χ2v) is 5.08. The Morgan fingerprint density at radius 1 is 1.29 bits per heavy atom. The lowest BCUT2D eigenvalue weighted by Gasteiger charge is -2.13. The first-order chi connectivity index (χ1) is 8.12. The Kier molecular flexibility index (Phi) is 3.66. The van der Waals surface area contributed by atoms with Crippen molar-refractivity contribution in [2.24, 2.45) is 5.41 Å². The molecule has 0 aromatic carbocycles. The lowest BCUT2D eigenvalue weighted by molar-refractivity contribution is -0.143. The van der Waals surface area contributed by atoms with E-state index in [0.29, 0.717) is 12.8 Å². The van der Waals surface area contributed by atoms with Gasteiger partial charge in [-0.25, -0.2) is 0 Å². The summed E-state index contributed by atoms with van der Waals surface area (Å²) >= 11 is 0. The van der Waals surface area contributed by atoms with E-state index >= 15 is 0 Å². The molecule has 0 heterocycles.